The Morgan fingerprint density at radius 2 is 1.95 bits per heavy atom. The molecule has 5 nitrogen and oxygen atoms in total. The SMILES string of the molecule is Br.NCCCOc1ccc(-n2ncccc2=O)cc1. The molecule has 2 aromatic rings. The lowest BCUT2D eigenvalue weighted by Crippen LogP contribution is -2.18. The molecule has 1 aromatic heterocycles. The van der Waals surface area contributed by atoms with Gasteiger partial charge < -0.3 is 10.5 Å². The summed E-state index contributed by atoms with van der Waals surface area (Å²) in [6.45, 7) is 1.21. The molecule has 0 radical (unpaired) electrons. The maximum absolute atomic E-state index is 11.6. The number of aromatic nitrogens is 2. The van der Waals surface area contributed by atoms with Crippen molar-refractivity contribution >= 4 is 17.0 Å². The normalized spacial score (nSPS) is 9.74. The molecule has 0 saturated carbocycles. The van der Waals surface area contributed by atoms with Crippen molar-refractivity contribution < 1.29 is 4.74 Å². The van der Waals surface area contributed by atoms with Gasteiger partial charge in [-0.3, -0.25) is 4.79 Å². The minimum atomic E-state index is -0.158. The molecule has 1 aromatic carbocycles. The smallest absolute Gasteiger partial charge is 0.271 e. The third-order valence-electron chi connectivity index (χ3n) is 2.41. The van der Waals surface area contributed by atoms with E-state index in [-0.39, 0.29) is 22.5 Å². The topological polar surface area (TPSA) is 70.1 Å². The van der Waals surface area contributed by atoms with Gasteiger partial charge in [0.25, 0.3) is 5.56 Å². The van der Waals surface area contributed by atoms with Crippen LogP contribution in [0.4, 0.5) is 0 Å². The van der Waals surface area contributed by atoms with Crippen LogP contribution in [0.5, 0.6) is 5.75 Å². The van der Waals surface area contributed by atoms with Crippen molar-refractivity contribution in [2.45, 2.75) is 6.42 Å². The standard InChI is InChI=1S/C13H15N3O2.BrH/c14-8-2-10-18-12-6-4-11(5-7-12)16-13(17)3-1-9-15-16;/h1,3-7,9H,2,8,10,14H2;1H. The second-order valence-electron chi connectivity index (χ2n) is 3.76. The Morgan fingerprint density at radius 3 is 2.58 bits per heavy atom. The highest BCUT2D eigenvalue weighted by molar-refractivity contribution is 8.93. The van der Waals surface area contributed by atoms with Gasteiger partial charge in [-0.15, -0.1) is 17.0 Å². The molecule has 102 valence electrons. The number of nitrogens with two attached hydrogens (primary N) is 1. The highest BCUT2D eigenvalue weighted by Crippen LogP contribution is 2.13. The van der Waals surface area contributed by atoms with Crippen LogP contribution in [-0.4, -0.2) is 22.9 Å². The van der Waals surface area contributed by atoms with Gasteiger partial charge in [0, 0.05) is 12.3 Å². The zero-order valence-electron chi connectivity index (χ0n) is 10.4. The highest BCUT2D eigenvalue weighted by Gasteiger charge is 2.00. The number of nitrogens with zero attached hydrogens (tertiary/aromatic N) is 2. The third-order valence-corrected chi connectivity index (χ3v) is 2.41. The van der Waals surface area contributed by atoms with Crippen LogP contribution in [0.3, 0.4) is 0 Å². The van der Waals surface area contributed by atoms with Crippen LogP contribution >= 0.6 is 17.0 Å². The molecule has 2 rings (SSSR count). The quantitative estimate of drug-likeness (QED) is 0.846. The predicted molar refractivity (Wildman–Crippen MR) is 79.3 cm³/mol. The Labute approximate surface area is 121 Å². The van der Waals surface area contributed by atoms with Gasteiger partial charge in [0.05, 0.1) is 12.3 Å². The molecule has 6 heteroatoms. The Morgan fingerprint density at radius 1 is 1.21 bits per heavy atom. The molecule has 0 unspecified atom stereocenters. The van der Waals surface area contributed by atoms with Crippen LogP contribution < -0.4 is 16.0 Å². The van der Waals surface area contributed by atoms with E-state index >= 15 is 0 Å². The molecular weight excluding hydrogens is 310 g/mol. The van der Waals surface area contributed by atoms with E-state index in [0.29, 0.717) is 18.8 Å². The maximum Gasteiger partial charge on any atom is 0.271 e. The molecule has 0 saturated heterocycles. The van der Waals surface area contributed by atoms with E-state index < -0.39 is 0 Å². The van der Waals surface area contributed by atoms with Crippen LogP contribution in [0.1, 0.15) is 6.42 Å². The van der Waals surface area contributed by atoms with E-state index in [4.69, 9.17) is 10.5 Å². The molecule has 1 heterocycles. The first kappa shape index (κ1) is 15.4. The first-order chi connectivity index (χ1) is 8.81. The van der Waals surface area contributed by atoms with E-state index in [0.717, 1.165) is 12.2 Å². The Kier molecular flexibility index (Phi) is 6.24. The van der Waals surface area contributed by atoms with Gasteiger partial charge in [-0.1, -0.05) is 0 Å². The highest BCUT2D eigenvalue weighted by atomic mass is 79.9. The van der Waals surface area contributed by atoms with Crippen LogP contribution in [0.25, 0.3) is 5.69 Å². The molecule has 0 aliphatic rings. The average Bonchev–Trinajstić information content (AvgIpc) is 2.41. The van der Waals surface area contributed by atoms with Gasteiger partial charge in [-0.2, -0.15) is 9.78 Å². The minimum Gasteiger partial charge on any atom is -0.494 e. The van der Waals surface area contributed by atoms with Gasteiger partial charge in [0.15, 0.2) is 0 Å². The number of rotatable bonds is 5. The zero-order chi connectivity index (χ0) is 12.8. The third kappa shape index (κ3) is 4.18. The Bertz CT molecular complexity index is 554. The summed E-state index contributed by atoms with van der Waals surface area (Å²) in [7, 11) is 0. The fourth-order valence-corrected chi connectivity index (χ4v) is 1.51. The molecule has 2 N–H and O–H groups in total. The number of benzene rings is 1. The minimum absolute atomic E-state index is 0. The van der Waals surface area contributed by atoms with Gasteiger partial charge in [-0.05, 0) is 43.3 Å². The number of ether oxygens (including phenoxy) is 1. The second kappa shape index (κ2) is 7.70. The fourth-order valence-electron chi connectivity index (χ4n) is 1.51. The van der Waals surface area contributed by atoms with Crippen molar-refractivity contribution in [1.29, 1.82) is 0 Å². The van der Waals surface area contributed by atoms with Crippen LogP contribution in [0, 0.1) is 0 Å². The van der Waals surface area contributed by atoms with Crippen molar-refractivity contribution in [3.63, 3.8) is 0 Å². The van der Waals surface area contributed by atoms with Gasteiger partial charge >= 0.3 is 0 Å². The van der Waals surface area contributed by atoms with E-state index in [1.54, 1.807) is 24.4 Å². The molecule has 0 bridgehead atoms. The Hall–Kier alpha value is -1.66. The van der Waals surface area contributed by atoms with Gasteiger partial charge in [0.1, 0.15) is 5.75 Å². The van der Waals surface area contributed by atoms with Crippen molar-refractivity contribution in [3.05, 3.63) is 52.9 Å². The van der Waals surface area contributed by atoms with Crippen molar-refractivity contribution in [3.8, 4) is 11.4 Å². The van der Waals surface area contributed by atoms with E-state index in [1.807, 2.05) is 12.1 Å². The van der Waals surface area contributed by atoms with Crippen molar-refractivity contribution in [1.82, 2.24) is 9.78 Å². The largest absolute Gasteiger partial charge is 0.494 e. The van der Waals surface area contributed by atoms with Gasteiger partial charge in [0.2, 0.25) is 0 Å². The monoisotopic (exact) mass is 325 g/mol. The second-order valence-corrected chi connectivity index (χ2v) is 3.76. The summed E-state index contributed by atoms with van der Waals surface area (Å²) >= 11 is 0. The number of hydrogen-bond acceptors (Lipinski definition) is 4. The lowest BCUT2D eigenvalue weighted by Gasteiger charge is -2.07. The molecular formula is C13H16BrN3O2. The molecule has 0 aliphatic carbocycles. The summed E-state index contributed by atoms with van der Waals surface area (Å²) in [5, 5.41) is 4.00. The lowest BCUT2D eigenvalue weighted by molar-refractivity contribution is 0.313. The van der Waals surface area contributed by atoms with Crippen LogP contribution in [0.15, 0.2) is 47.4 Å². The summed E-state index contributed by atoms with van der Waals surface area (Å²) in [5.74, 6) is 0.760. The molecule has 19 heavy (non-hydrogen) atoms. The summed E-state index contributed by atoms with van der Waals surface area (Å²) in [4.78, 5) is 11.6. The van der Waals surface area contributed by atoms with Crippen LogP contribution in [-0.2, 0) is 0 Å². The van der Waals surface area contributed by atoms with Crippen LogP contribution in [0.2, 0.25) is 0 Å². The summed E-state index contributed by atoms with van der Waals surface area (Å²) in [6, 6.07) is 10.3. The van der Waals surface area contributed by atoms with E-state index in [1.165, 1.54) is 10.7 Å². The maximum atomic E-state index is 11.6. The van der Waals surface area contributed by atoms with E-state index in [9.17, 15) is 4.79 Å². The van der Waals surface area contributed by atoms with E-state index in [2.05, 4.69) is 5.10 Å². The summed E-state index contributed by atoms with van der Waals surface area (Å²) in [6.07, 6.45) is 2.40. The van der Waals surface area contributed by atoms with Crippen molar-refractivity contribution in [2.75, 3.05) is 13.2 Å². The molecule has 0 fully saturated rings. The number of hydrogen-bond donors (Lipinski definition) is 1. The van der Waals surface area contributed by atoms with Crippen molar-refractivity contribution in [2.24, 2.45) is 5.73 Å². The fraction of sp³-hybridized carbons (Fsp3) is 0.231. The molecule has 0 spiro atoms. The average molecular weight is 326 g/mol. The Balaban J connectivity index is 0.00000180. The predicted octanol–water partition coefficient (Wildman–Crippen LogP) is 1.54. The zero-order valence-corrected chi connectivity index (χ0v) is 12.1. The summed E-state index contributed by atoms with van der Waals surface area (Å²) in [5.41, 5.74) is 5.94. The van der Waals surface area contributed by atoms with Gasteiger partial charge in [-0.25, -0.2) is 0 Å². The number of halogens is 1. The lowest BCUT2D eigenvalue weighted by atomic mass is 10.3. The molecule has 0 aliphatic heterocycles. The first-order valence-corrected chi connectivity index (χ1v) is 5.79. The summed E-state index contributed by atoms with van der Waals surface area (Å²) < 4.78 is 6.82. The molecule has 0 amide bonds. The first-order valence-electron chi connectivity index (χ1n) is 5.79. The molecule has 0 atom stereocenters.